The van der Waals surface area contributed by atoms with E-state index in [1.807, 2.05) is 6.26 Å². The van der Waals surface area contributed by atoms with Crippen molar-refractivity contribution in [3.63, 3.8) is 0 Å². The number of β-amino-alcohol motifs (C(OH)–C–C–N with tert-alkyl or cyclic N) is 1. The molecule has 0 radical (unpaired) electrons. The number of carbonyl (C=O) groups excluding carboxylic acids is 1. The second-order valence-corrected chi connectivity index (χ2v) is 4.79. The molecule has 0 saturated carbocycles. The van der Waals surface area contributed by atoms with Crippen molar-refractivity contribution in [2.24, 2.45) is 0 Å². The van der Waals surface area contributed by atoms with Crippen molar-refractivity contribution >= 4 is 17.9 Å². The van der Waals surface area contributed by atoms with Crippen molar-refractivity contribution in [1.82, 2.24) is 4.90 Å². The molecule has 1 saturated heterocycles. The summed E-state index contributed by atoms with van der Waals surface area (Å²) < 4.78 is 5.07. The lowest BCUT2D eigenvalue weighted by Crippen LogP contribution is -2.30. The summed E-state index contributed by atoms with van der Waals surface area (Å²) in [6, 6.07) is 0. The van der Waals surface area contributed by atoms with Gasteiger partial charge in [-0.1, -0.05) is 13.3 Å². The third kappa shape index (κ3) is 3.57. The zero-order chi connectivity index (χ0) is 11.3. The quantitative estimate of drug-likeness (QED) is 0.744. The molecule has 2 unspecified atom stereocenters. The van der Waals surface area contributed by atoms with E-state index in [4.69, 9.17) is 4.74 Å². The van der Waals surface area contributed by atoms with Crippen LogP contribution in [0.1, 0.15) is 19.8 Å². The van der Waals surface area contributed by atoms with E-state index in [0.29, 0.717) is 19.7 Å². The van der Waals surface area contributed by atoms with Crippen LogP contribution in [0.5, 0.6) is 0 Å². The summed E-state index contributed by atoms with van der Waals surface area (Å²) >= 11 is 1.59. The SMILES string of the molecule is CCCCOC(=O)N1CC(O)C(SC)C1. The molecule has 0 bridgehead atoms. The highest BCUT2D eigenvalue weighted by Gasteiger charge is 2.34. The van der Waals surface area contributed by atoms with E-state index in [1.165, 1.54) is 0 Å². The predicted octanol–water partition coefficient (Wildman–Crippen LogP) is 1.33. The average Bonchev–Trinajstić information content (AvgIpc) is 2.60. The van der Waals surface area contributed by atoms with Gasteiger partial charge in [0.15, 0.2) is 0 Å². The topological polar surface area (TPSA) is 49.8 Å². The first-order valence-corrected chi connectivity index (χ1v) is 6.60. The van der Waals surface area contributed by atoms with E-state index in [-0.39, 0.29) is 11.3 Å². The average molecular weight is 233 g/mol. The monoisotopic (exact) mass is 233 g/mol. The Kier molecular flexibility index (Phi) is 5.25. The summed E-state index contributed by atoms with van der Waals surface area (Å²) in [4.78, 5) is 13.1. The maximum atomic E-state index is 11.5. The summed E-state index contributed by atoms with van der Waals surface area (Å²) in [7, 11) is 0. The van der Waals surface area contributed by atoms with Crippen LogP contribution in [0, 0.1) is 0 Å². The number of amides is 1. The van der Waals surface area contributed by atoms with Gasteiger partial charge >= 0.3 is 6.09 Å². The third-order valence-electron chi connectivity index (χ3n) is 2.52. The molecular weight excluding hydrogens is 214 g/mol. The Balaban J connectivity index is 2.29. The van der Waals surface area contributed by atoms with E-state index in [9.17, 15) is 9.90 Å². The van der Waals surface area contributed by atoms with Crippen LogP contribution in [0.2, 0.25) is 0 Å². The maximum Gasteiger partial charge on any atom is 0.409 e. The zero-order valence-corrected chi connectivity index (χ0v) is 10.1. The number of nitrogens with zero attached hydrogens (tertiary/aromatic N) is 1. The van der Waals surface area contributed by atoms with Crippen LogP contribution in [0.15, 0.2) is 0 Å². The highest BCUT2D eigenvalue weighted by Crippen LogP contribution is 2.21. The molecule has 0 aromatic heterocycles. The van der Waals surface area contributed by atoms with Crippen LogP contribution >= 0.6 is 11.8 Å². The number of aliphatic hydroxyl groups is 1. The van der Waals surface area contributed by atoms with Crippen LogP contribution in [0.3, 0.4) is 0 Å². The minimum absolute atomic E-state index is 0.128. The highest BCUT2D eigenvalue weighted by atomic mass is 32.2. The number of unbranched alkanes of at least 4 members (excludes halogenated alkanes) is 1. The van der Waals surface area contributed by atoms with Gasteiger partial charge in [0.05, 0.1) is 19.3 Å². The van der Waals surface area contributed by atoms with Crippen molar-refractivity contribution in [2.75, 3.05) is 26.0 Å². The second kappa shape index (κ2) is 6.23. The van der Waals surface area contributed by atoms with Crippen molar-refractivity contribution in [3.05, 3.63) is 0 Å². The molecule has 1 aliphatic heterocycles. The van der Waals surface area contributed by atoms with Crippen LogP contribution < -0.4 is 0 Å². The first-order chi connectivity index (χ1) is 7.19. The van der Waals surface area contributed by atoms with E-state index >= 15 is 0 Å². The lowest BCUT2D eigenvalue weighted by atomic mass is 10.3. The lowest BCUT2D eigenvalue weighted by Gasteiger charge is -2.15. The predicted molar refractivity (Wildman–Crippen MR) is 61.1 cm³/mol. The highest BCUT2D eigenvalue weighted by molar-refractivity contribution is 7.99. The molecule has 15 heavy (non-hydrogen) atoms. The molecule has 1 N–H and O–H groups in total. The Labute approximate surface area is 95.0 Å². The first-order valence-electron chi connectivity index (χ1n) is 5.31. The van der Waals surface area contributed by atoms with Gasteiger partial charge in [-0.05, 0) is 12.7 Å². The number of rotatable bonds is 4. The molecule has 1 amide bonds. The van der Waals surface area contributed by atoms with Gasteiger partial charge in [0.1, 0.15) is 0 Å². The van der Waals surface area contributed by atoms with Crippen LogP contribution in [-0.2, 0) is 4.74 Å². The van der Waals surface area contributed by atoms with Crippen molar-refractivity contribution < 1.29 is 14.6 Å². The molecule has 0 aliphatic carbocycles. The smallest absolute Gasteiger partial charge is 0.409 e. The van der Waals surface area contributed by atoms with Gasteiger partial charge in [0, 0.05) is 11.8 Å². The summed E-state index contributed by atoms with van der Waals surface area (Å²) in [6.45, 7) is 3.52. The van der Waals surface area contributed by atoms with E-state index in [2.05, 4.69) is 6.92 Å². The maximum absolute atomic E-state index is 11.5. The molecule has 1 rings (SSSR count). The van der Waals surface area contributed by atoms with Crippen molar-refractivity contribution in [2.45, 2.75) is 31.1 Å². The van der Waals surface area contributed by atoms with Gasteiger partial charge in [-0.3, -0.25) is 0 Å². The molecular formula is C10H19NO3S. The summed E-state index contributed by atoms with van der Waals surface area (Å²) in [5.41, 5.74) is 0. The van der Waals surface area contributed by atoms with Gasteiger partial charge in [-0.15, -0.1) is 0 Å². The minimum Gasteiger partial charge on any atom is -0.449 e. The zero-order valence-electron chi connectivity index (χ0n) is 9.31. The number of hydrogen-bond acceptors (Lipinski definition) is 4. The second-order valence-electron chi connectivity index (χ2n) is 3.71. The van der Waals surface area contributed by atoms with Crippen LogP contribution in [-0.4, -0.2) is 53.4 Å². The molecule has 88 valence electrons. The van der Waals surface area contributed by atoms with Crippen LogP contribution in [0.25, 0.3) is 0 Å². The minimum atomic E-state index is -0.418. The summed E-state index contributed by atoms with van der Waals surface area (Å²) in [6.07, 6.45) is 3.15. The Morgan fingerprint density at radius 2 is 2.33 bits per heavy atom. The van der Waals surface area contributed by atoms with Gasteiger partial charge in [-0.2, -0.15) is 11.8 Å². The largest absolute Gasteiger partial charge is 0.449 e. The number of carbonyl (C=O) groups is 1. The molecule has 1 heterocycles. The number of hydrogen-bond donors (Lipinski definition) is 1. The number of thioether (sulfide) groups is 1. The Bertz CT molecular complexity index is 213. The fourth-order valence-corrected chi connectivity index (χ4v) is 2.26. The van der Waals surface area contributed by atoms with Gasteiger partial charge in [-0.25, -0.2) is 4.79 Å². The fourth-order valence-electron chi connectivity index (χ4n) is 1.53. The molecule has 0 spiro atoms. The standard InChI is InChI=1S/C10H19NO3S/c1-3-4-5-14-10(13)11-6-8(12)9(7-11)15-2/h8-9,12H,3-7H2,1-2H3. The van der Waals surface area contributed by atoms with Crippen molar-refractivity contribution in [3.8, 4) is 0 Å². The molecule has 0 aromatic carbocycles. The number of aliphatic hydroxyl groups excluding tert-OH is 1. The van der Waals surface area contributed by atoms with E-state index in [1.54, 1.807) is 16.7 Å². The lowest BCUT2D eigenvalue weighted by molar-refractivity contribution is 0.102. The van der Waals surface area contributed by atoms with E-state index < -0.39 is 6.10 Å². The van der Waals surface area contributed by atoms with E-state index in [0.717, 1.165) is 12.8 Å². The van der Waals surface area contributed by atoms with Gasteiger partial charge in [0.2, 0.25) is 0 Å². The molecule has 0 aromatic rings. The molecule has 5 heteroatoms. The third-order valence-corrected chi connectivity index (χ3v) is 3.59. The van der Waals surface area contributed by atoms with Crippen LogP contribution in [0.4, 0.5) is 4.79 Å². The molecule has 1 fully saturated rings. The Morgan fingerprint density at radius 3 is 2.87 bits per heavy atom. The molecule has 2 atom stereocenters. The van der Waals surface area contributed by atoms with Gasteiger partial charge in [0.25, 0.3) is 0 Å². The normalized spacial score (nSPS) is 25.7. The number of likely N-dealkylation sites (tertiary alicyclic amines) is 1. The summed E-state index contributed by atoms with van der Waals surface area (Å²) in [5.74, 6) is 0. The fraction of sp³-hybridized carbons (Fsp3) is 0.900. The Morgan fingerprint density at radius 1 is 1.60 bits per heavy atom. The molecule has 1 aliphatic rings. The Hall–Kier alpha value is -0.420. The number of ether oxygens (including phenoxy) is 1. The summed E-state index contributed by atoms with van der Waals surface area (Å²) in [5, 5.41) is 9.74. The molecule has 4 nitrogen and oxygen atoms in total. The van der Waals surface area contributed by atoms with Crippen molar-refractivity contribution in [1.29, 1.82) is 0 Å². The van der Waals surface area contributed by atoms with Gasteiger partial charge < -0.3 is 14.7 Å². The first kappa shape index (κ1) is 12.6.